The fourth-order valence-electron chi connectivity index (χ4n) is 3.62. The van der Waals surface area contributed by atoms with E-state index in [0.29, 0.717) is 6.04 Å². The third-order valence-electron chi connectivity index (χ3n) is 4.42. The Morgan fingerprint density at radius 1 is 1.42 bits per heavy atom. The first-order valence-corrected chi connectivity index (χ1v) is 7.71. The summed E-state index contributed by atoms with van der Waals surface area (Å²) in [5.41, 5.74) is 2.81. The maximum atomic E-state index is 11.0. The van der Waals surface area contributed by atoms with Crippen LogP contribution in [0.25, 0.3) is 0 Å². The molecule has 1 fully saturated rings. The number of benzene rings is 1. The molecule has 0 spiro atoms. The zero-order chi connectivity index (χ0) is 13.4. The lowest BCUT2D eigenvalue weighted by molar-refractivity contribution is -0.138. The van der Waals surface area contributed by atoms with E-state index in [1.54, 1.807) is 0 Å². The van der Waals surface area contributed by atoms with Crippen molar-refractivity contribution < 1.29 is 9.90 Å². The second-order valence-electron chi connectivity index (χ2n) is 5.49. The highest BCUT2D eigenvalue weighted by molar-refractivity contribution is 9.10. The molecule has 3 rings (SSSR count). The van der Waals surface area contributed by atoms with Crippen LogP contribution in [-0.4, -0.2) is 28.6 Å². The number of halogens is 1. The molecule has 1 heterocycles. The molecule has 1 aromatic carbocycles. The topological polar surface area (TPSA) is 40.5 Å². The molecule has 2 atom stereocenters. The summed E-state index contributed by atoms with van der Waals surface area (Å²) in [6.45, 7) is 1.04. The largest absolute Gasteiger partial charge is 0.481 e. The Morgan fingerprint density at radius 2 is 2.26 bits per heavy atom. The minimum Gasteiger partial charge on any atom is -0.481 e. The number of carboxylic acid groups (broad SMARTS) is 1. The highest BCUT2D eigenvalue weighted by atomic mass is 79.9. The zero-order valence-corrected chi connectivity index (χ0v) is 12.4. The van der Waals surface area contributed by atoms with Crippen molar-refractivity contribution in [3.63, 3.8) is 0 Å². The summed E-state index contributed by atoms with van der Waals surface area (Å²) < 4.78 is 1.20. The van der Waals surface area contributed by atoms with Gasteiger partial charge >= 0.3 is 5.97 Å². The zero-order valence-electron chi connectivity index (χ0n) is 10.8. The second-order valence-corrected chi connectivity index (χ2v) is 6.35. The average molecular weight is 324 g/mol. The molecule has 1 aliphatic carbocycles. The summed E-state index contributed by atoms with van der Waals surface area (Å²) in [6, 6.07) is 7.02. The number of rotatable bonds is 3. The second kappa shape index (κ2) is 5.25. The van der Waals surface area contributed by atoms with Gasteiger partial charge in [-0.15, -0.1) is 0 Å². The van der Waals surface area contributed by atoms with Crippen molar-refractivity contribution in [1.82, 2.24) is 4.90 Å². The van der Waals surface area contributed by atoms with Crippen LogP contribution < -0.4 is 0 Å². The van der Waals surface area contributed by atoms with Crippen molar-refractivity contribution in [3.05, 3.63) is 33.8 Å². The molecule has 0 bridgehead atoms. The van der Waals surface area contributed by atoms with E-state index in [0.717, 1.165) is 32.2 Å². The summed E-state index contributed by atoms with van der Waals surface area (Å²) in [6.07, 6.45) is 4.63. The van der Waals surface area contributed by atoms with Crippen molar-refractivity contribution in [2.75, 3.05) is 6.54 Å². The molecule has 1 N–H and O–H groups in total. The SMILES string of the molecule is O=C(O)CC1CCCN1C1CCc2c(Br)cccc21. The average Bonchev–Trinajstić information content (AvgIpc) is 2.95. The minimum atomic E-state index is -0.677. The van der Waals surface area contributed by atoms with Gasteiger partial charge in [0.05, 0.1) is 6.42 Å². The Morgan fingerprint density at radius 3 is 3.05 bits per heavy atom. The Hall–Kier alpha value is -0.870. The fourth-order valence-corrected chi connectivity index (χ4v) is 4.20. The Labute approximate surface area is 121 Å². The Kier molecular flexibility index (Phi) is 3.63. The van der Waals surface area contributed by atoms with Gasteiger partial charge in [0.2, 0.25) is 0 Å². The summed E-state index contributed by atoms with van der Waals surface area (Å²) in [4.78, 5) is 13.4. The maximum absolute atomic E-state index is 11.0. The van der Waals surface area contributed by atoms with Crippen molar-refractivity contribution in [3.8, 4) is 0 Å². The van der Waals surface area contributed by atoms with Gasteiger partial charge in [0.25, 0.3) is 0 Å². The van der Waals surface area contributed by atoms with Crippen LogP contribution in [0.3, 0.4) is 0 Å². The van der Waals surface area contributed by atoms with Gasteiger partial charge < -0.3 is 5.11 Å². The molecule has 1 aromatic rings. The predicted molar refractivity (Wildman–Crippen MR) is 77.2 cm³/mol. The van der Waals surface area contributed by atoms with Crippen LogP contribution >= 0.6 is 15.9 Å². The van der Waals surface area contributed by atoms with E-state index >= 15 is 0 Å². The monoisotopic (exact) mass is 323 g/mol. The van der Waals surface area contributed by atoms with Crippen LogP contribution in [0.1, 0.15) is 42.9 Å². The molecule has 0 radical (unpaired) electrons. The van der Waals surface area contributed by atoms with E-state index < -0.39 is 5.97 Å². The summed E-state index contributed by atoms with van der Waals surface area (Å²) in [5.74, 6) is -0.677. The number of likely N-dealkylation sites (tertiary alicyclic amines) is 1. The normalized spacial score (nSPS) is 26.6. The Bertz CT molecular complexity index is 503. The highest BCUT2D eigenvalue weighted by Crippen LogP contribution is 2.42. The molecule has 1 saturated heterocycles. The minimum absolute atomic E-state index is 0.215. The molecule has 0 saturated carbocycles. The van der Waals surface area contributed by atoms with Crippen LogP contribution in [0.15, 0.2) is 22.7 Å². The molecule has 0 amide bonds. The number of nitrogens with zero attached hydrogens (tertiary/aromatic N) is 1. The van der Waals surface area contributed by atoms with Crippen LogP contribution in [0.2, 0.25) is 0 Å². The number of fused-ring (bicyclic) bond motifs is 1. The molecule has 2 unspecified atom stereocenters. The maximum Gasteiger partial charge on any atom is 0.304 e. The summed E-state index contributed by atoms with van der Waals surface area (Å²) in [5, 5.41) is 9.04. The fraction of sp³-hybridized carbons (Fsp3) is 0.533. The number of aliphatic carboxylic acids is 1. The van der Waals surface area contributed by atoms with Crippen LogP contribution in [0.5, 0.6) is 0 Å². The standard InChI is InChI=1S/C15H18BrNO2/c16-13-5-1-4-12-11(13)6-7-14(12)17-8-2-3-10(17)9-15(18)19/h1,4-5,10,14H,2-3,6-9H2,(H,18,19). The first-order chi connectivity index (χ1) is 9.16. The van der Waals surface area contributed by atoms with E-state index in [4.69, 9.17) is 5.11 Å². The van der Waals surface area contributed by atoms with Gasteiger partial charge in [-0.25, -0.2) is 0 Å². The molecule has 1 aliphatic heterocycles. The van der Waals surface area contributed by atoms with Gasteiger partial charge in [0, 0.05) is 16.6 Å². The quantitative estimate of drug-likeness (QED) is 0.927. The molecule has 4 heteroatoms. The highest BCUT2D eigenvalue weighted by Gasteiger charge is 2.36. The molecule has 3 nitrogen and oxygen atoms in total. The van der Waals surface area contributed by atoms with Gasteiger partial charge in [-0.1, -0.05) is 28.1 Å². The van der Waals surface area contributed by atoms with E-state index in [1.165, 1.54) is 15.6 Å². The van der Waals surface area contributed by atoms with Crippen LogP contribution in [0, 0.1) is 0 Å². The van der Waals surface area contributed by atoms with Crippen LogP contribution in [-0.2, 0) is 11.2 Å². The lowest BCUT2D eigenvalue weighted by Gasteiger charge is -2.30. The van der Waals surface area contributed by atoms with Crippen LogP contribution in [0.4, 0.5) is 0 Å². The molecule has 2 aliphatic rings. The van der Waals surface area contributed by atoms with Crippen molar-refractivity contribution in [2.24, 2.45) is 0 Å². The molecular weight excluding hydrogens is 306 g/mol. The number of carboxylic acids is 1. The molecule has 0 aromatic heterocycles. The smallest absolute Gasteiger partial charge is 0.304 e. The van der Waals surface area contributed by atoms with Crippen molar-refractivity contribution in [2.45, 2.75) is 44.2 Å². The van der Waals surface area contributed by atoms with Gasteiger partial charge in [0.1, 0.15) is 0 Å². The molecular formula is C15H18BrNO2. The molecule has 102 valence electrons. The van der Waals surface area contributed by atoms with E-state index in [9.17, 15) is 4.79 Å². The van der Waals surface area contributed by atoms with Crippen molar-refractivity contribution in [1.29, 1.82) is 0 Å². The number of hydrogen-bond donors (Lipinski definition) is 1. The number of hydrogen-bond acceptors (Lipinski definition) is 2. The lowest BCUT2D eigenvalue weighted by Crippen LogP contribution is -2.34. The van der Waals surface area contributed by atoms with Crippen molar-refractivity contribution >= 4 is 21.9 Å². The number of carbonyl (C=O) groups is 1. The third kappa shape index (κ3) is 2.43. The summed E-state index contributed by atoms with van der Waals surface area (Å²) >= 11 is 3.63. The first kappa shape index (κ1) is 13.1. The lowest BCUT2D eigenvalue weighted by atomic mass is 10.0. The summed E-state index contributed by atoms with van der Waals surface area (Å²) in [7, 11) is 0. The van der Waals surface area contributed by atoms with E-state index in [1.807, 2.05) is 0 Å². The third-order valence-corrected chi connectivity index (χ3v) is 5.16. The van der Waals surface area contributed by atoms with Gasteiger partial charge in [0.15, 0.2) is 0 Å². The van der Waals surface area contributed by atoms with E-state index in [2.05, 4.69) is 39.0 Å². The van der Waals surface area contributed by atoms with Gasteiger partial charge in [-0.3, -0.25) is 9.69 Å². The predicted octanol–water partition coefficient (Wildman–Crippen LogP) is 3.38. The van der Waals surface area contributed by atoms with Gasteiger partial charge in [-0.2, -0.15) is 0 Å². The first-order valence-electron chi connectivity index (χ1n) is 6.91. The molecule has 19 heavy (non-hydrogen) atoms. The van der Waals surface area contributed by atoms with Gasteiger partial charge in [-0.05, 0) is 49.4 Å². The van der Waals surface area contributed by atoms with E-state index in [-0.39, 0.29) is 12.5 Å². The Balaban J connectivity index is 1.85.